The van der Waals surface area contributed by atoms with Crippen molar-refractivity contribution in [3.05, 3.63) is 28.2 Å². The van der Waals surface area contributed by atoms with Gasteiger partial charge in [0, 0.05) is 18.1 Å². The minimum absolute atomic E-state index is 0.115. The molecule has 0 unspecified atom stereocenters. The summed E-state index contributed by atoms with van der Waals surface area (Å²) < 4.78 is 65.8. The summed E-state index contributed by atoms with van der Waals surface area (Å²) in [6.45, 7) is 0.398. The van der Waals surface area contributed by atoms with E-state index in [-0.39, 0.29) is 17.6 Å². The quantitative estimate of drug-likeness (QED) is 0.784. The van der Waals surface area contributed by atoms with Crippen LogP contribution in [0.25, 0.3) is 0 Å². The number of nitrogens with one attached hydrogen (secondary N) is 1. The van der Waals surface area contributed by atoms with Gasteiger partial charge in [-0.3, -0.25) is 4.72 Å². The summed E-state index contributed by atoms with van der Waals surface area (Å²) >= 11 is 2.93. The fourth-order valence-electron chi connectivity index (χ4n) is 1.49. The molecule has 0 aliphatic heterocycles. The Labute approximate surface area is 129 Å². The largest absolute Gasteiger partial charge is 0.418 e. The smallest absolute Gasteiger partial charge is 0.330 e. The molecule has 1 aromatic rings. The average Bonchev–Trinajstić information content (AvgIpc) is 2.36. The van der Waals surface area contributed by atoms with Crippen molar-refractivity contribution in [3.8, 4) is 0 Å². The van der Waals surface area contributed by atoms with E-state index in [1.54, 1.807) is 0 Å². The van der Waals surface area contributed by atoms with E-state index in [9.17, 15) is 21.6 Å². The number of alkyl halides is 3. The molecule has 0 amide bonds. The van der Waals surface area contributed by atoms with E-state index in [2.05, 4.69) is 15.9 Å². The van der Waals surface area contributed by atoms with E-state index in [0.717, 1.165) is 16.4 Å². The molecule has 3 N–H and O–H groups in total. The standard InChI is InChI=1S/C11H15BrF3N3O2S/c1-18(6-2-5-16)21(19,20)17-10-4-3-8(12)7-9(10)11(13,14)15/h3-4,7,17H,2,5-6,16H2,1H3. The van der Waals surface area contributed by atoms with Crippen molar-refractivity contribution in [3.63, 3.8) is 0 Å². The van der Waals surface area contributed by atoms with Gasteiger partial charge in [0.2, 0.25) is 0 Å². The summed E-state index contributed by atoms with van der Waals surface area (Å²) in [7, 11) is -2.80. The highest BCUT2D eigenvalue weighted by atomic mass is 79.9. The van der Waals surface area contributed by atoms with Crippen molar-refractivity contribution in [2.45, 2.75) is 12.6 Å². The fourth-order valence-corrected chi connectivity index (χ4v) is 2.83. The number of hydrogen-bond acceptors (Lipinski definition) is 3. The van der Waals surface area contributed by atoms with Crippen LogP contribution in [0.5, 0.6) is 0 Å². The average molecular weight is 390 g/mol. The lowest BCUT2D eigenvalue weighted by atomic mass is 10.2. The number of hydrogen-bond donors (Lipinski definition) is 2. The molecule has 0 saturated heterocycles. The van der Waals surface area contributed by atoms with Gasteiger partial charge >= 0.3 is 16.4 Å². The number of nitrogens with two attached hydrogens (primary N) is 1. The van der Waals surface area contributed by atoms with E-state index in [0.29, 0.717) is 6.42 Å². The van der Waals surface area contributed by atoms with E-state index in [1.165, 1.54) is 13.1 Å². The Morgan fingerprint density at radius 3 is 2.52 bits per heavy atom. The van der Waals surface area contributed by atoms with Gasteiger partial charge in [0.1, 0.15) is 0 Å². The second-order valence-electron chi connectivity index (χ2n) is 4.26. The summed E-state index contributed by atoms with van der Waals surface area (Å²) in [5, 5.41) is 0. The Balaban J connectivity index is 3.08. The monoisotopic (exact) mass is 389 g/mol. The van der Waals surface area contributed by atoms with Gasteiger partial charge in [0.15, 0.2) is 0 Å². The molecule has 0 atom stereocenters. The molecule has 120 valence electrons. The third kappa shape index (κ3) is 5.13. The first-order valence-corrected chi connectivity index (χ1v) is 8.12. The van der Waals surface area contributed by atoms with E-state index in [4.69, 9.17) is 5.73 Å². The molecule has 0 radical (unpaired) electrons. The van der Waals surface area contributed by atoms with Crippen LogP contribution in [-0.4, -0.2) is 32.9 Å². The summed E-state index contributed by atoms with van der Waals surface area (Å²) in [5.41, 5.74) is 3.69. The van der Waals surface area contributed by atoms with Crippen LogP contribution in [-0.2, 0) is 16.4 Å². The maximum atomic E-state index is 12.9. The lowest BCUT2D eigenvalue weighted by molar-refractivity contribution is -0.136. The molecule has 0 aliphatic rings. The maximum absolute atomic E-state index is 12.9. The van der Waals surface area contributed by atoms with Gasteiger partial charge in [-0.05, 0) is 31.2 Å². The Kier molecular flexibility index (Phi) is 6.02. The highest BCUT2D eigenvalue weighted by Gasteiger charge is 2.35. The predicted octanol–water partition coefficient (Wildman–Crippen LogP) is 2.41. The van der Waals surface area contributed by atoms with E-state index in [1.807, 2.05) is 4.72 Å². The summed E-state index contributed by atoms with van der Waals surface area (Å²) in [4.78, 5) is 0. The number of rotatable bonds is 6. The molecule has 0 aromatic heterocycles. The number of nitrogens with zero attached hydrogens (tertiary/aromatic N) is 1. The Bertz CT molecular complexity index is 593. The van der Waals surface area contributed by atoms with E-state index >= 15 is 0 Å². The first-order valence-electron chi connectivity index (χ1n) is 5.89. The molecular weight excluding hydrogens is 375 g/mol. The van der Waals surface area contributed by atoms with E-state index < -0.39 is 27.6 Å². The molecule has 0 aliphatic carbocycles. The minimum Gasteiger partial charge on any atom is -0.330 e. The van der Waals surface area contributed by atoms with Gasteiger partial charge in [-0.1, -0.05) is 15.9 Å². The number of halogens is 4. The zero-order valence-electron chi connectivity index (χ0n) is 11.1. The van der Waals surface area contributed by atoms with Crippen molar-refractivity contribution < 1.29 is 21.6 Å². The maximum Gasteiger partial charge on any atom is 0.418 e. The van der Waals surface area contributed by atoms with Crippen molar-refractivity contribution in [2.75, 3.05) is 24.9 Å². The molecule has 0 fully saturated rings. The lowest BCUT2D eigenvalue weighted by Crippen LogP contribution is -2.34. The van der Waals surface area contributed by atoms with Crippen LogP contribution in [0.15, 0.2) is 22.7 Å². The molecule has 0 heterocycles. The summed E-state index contributed by atoms with van der Waals surface area (Å²) in [6, 6.07) is 3.20. The van der Waals surface area contributed by atoms with Crippen LogP contribution < -0.4 is 10.5 Å². The van der Waals surface area contributed by atoms with Crippen molar-refractivity contribution in [1.82, 2.24) is 4.31 Å². The van der Waals surface area contributed by atoms with Crippen LogP contribution in [0.3, 0.4) is 0 Å². The molecular formula is C11H15BrF3N3O2S. The molecule has 5 nitrogen and oxygen atoms in total. The fraction of sp³-hybridized carbons (Fsp3) is 0.455. The molecule has 1 rings (SSSR count). The van der Waals surface area contributed by atoms with Crippen LogP contribution in [0, 0.1) is 0 Å². The van der Waals surface area contributed by atoms with Crippen LogP contribution in [0.4, 0.5) is 18.9 Å². The van der Waals surface area contributed by atoms with Gasteiger partial charge in [-0.2, -0.15) is 25.9 Å². The van der Waals surface area contributed by atoms with Gasteiger partial charge in [-0.15, -0.1) is 0 Å². The molecule has 0 bridgehead atoms. The molecule has 1 aromatic carbocycles. The normalized spacial score (nSPS) is 12.7. The Hall–Kier alpha value is -0.840. The first-order chi connectivity index (χ1) is 9.58. The third-order valence-corrected chi connectivity index (χ3v) is 4.59. The highest BCUT2D eigenvalue weighted by Crippen LogP contribution is 2.37. The second kappa shape index (κ2) is 6.95. The number of anilines is 1. The SMILES string of the molecule is CN(CCCN)S(=O)(=O)Nc1ccc(Br)cc1C(F)(F)F. The van der Waals surface area contributed by atoms with Crippen molar-refractivity contribution in [1.29, 1.82) is 0 Å². The third-order valence-electron chi connectivity index (χ3n) is 2.61. The summed E-state index contributed by atoms with van der Waals surface area (Å²) in [6.07, 6.45) is -4.26. The lowest BCUT2D eigenvalue weighted by Gasteiger charge is -2.20. The molecule has 0 spiro atoms. The molecule has 0 saturated carbocycles. The highest BCUT2D eigenvalue weighted by molar-refractivity contribution is 9.10. The van der Waals surface area contributed by atoms with Crippen molar-refractivity contribution in [2.24, 2.45) is 5.73 Å². The van der Waals surface area contributed by atoms with Crippen molar-refractivity contribution >= 4 is 31.8 Å². The van der Waals surface area contributed by atoms with Gasteiger partial charge in [0.25, 0.3) is 0 Å². The Morgan fingerprint density at radius 1 is 1.38 bits per heavy atom. The van der Waals surface area contributed by atoms with Crippen LogP contribution in [0.1, 0.15) is 12.0 Å². The molecule has 21 heavy (non-hydrogen) atoms. The zero-order valence-corrected chi connectivity index (χ0v) is 13.5. The van der Waals surface area contributed by atoms with Crippen LogP contribution >= 0.6 is 15.9 Å². The Morgan fingerprint density at radius 2 is 2.00 bits per heavy atom. The topological polar surface area (TPSA) is 75.4 Å². The molecule has 10 heteroatoms. The summed E-state index contributed by atoms with van der Waals surface area (Å²) in [5.74, 6) is 0. The predicted molar refractivity (Wildman–Crippen MR) is 78.0 cm³/mol. The zero-order chi connectivity index (χ0) is 16.3. The second-order valence-corrected chi connectivity index (χ2v) is 6.95. The van der Waals surface area contributed by atoms with Gasteiger partial charge < -0.3 is 5.73 Å². The van der Waals surface area contributed by atoms with Gasteiger partial charge in [-0.25, -0.2) is 0 Å². The van der Waals surface area contributed by atoms with Gasteiger partial charge in [0.05, 0.1) is 11.3 Å². The van der Waals surface area contributed by atoms with Crippen LogP contribution in [0.2, 0.25) is 0 Å². The first kappa shape index (κ1) is 18.2. The number of benzene rings is 1. The minimum atomic E-state index is -4.67.